The molecular formula is C20H19ClN2O2. The maximum atomic E-state index is 11.7. The summed E-state index contributed by atoms with van der Waals surface area (Å²) in [5.74, 6) is 0.244. The second-order valence-corrected chi connectivity index (χ2v) is 5.60. The molecule has 2 rings (SSSR count). The van der Waals surface area contributed by atoms with Crippen LogP contribution in [0.25, 0.3) is 6.08 Å². The standard InChI is InChI=1S/C20H19ClN2O2/c1-16(7-5-6-10-17-8-3-2-4-9-17)22-23-20(24)15-25-19-13-11-18(21)12-14-19/h2-14H,15H2,1H3,(H,23,24)/b7-5+,10-6+,22-16?. The zero-order chi connectivity index (χ0) is 17.9. The van der Waals surface area contributed by atoms with Gasteiger partial charge in [-0.1, -0.05) is 60.2 Å². The van der Waals surface area contributed by atoms with Crippen LogP contribution in [0, 0.1) is 0 Å². The maximum absolute atomic E-state index is 11.7. The Labute approximate surface area is 152 Å². The number of carbonyl (C=O) groups excluding carboxylic acids is 1. The van der Waals surface area contributed by atoms with E-state index in [1.807, 2.05) is 48.6 Å². The van der Waals surface area contributed by atoms with E-state index in [4.69, 9.17) is 16.3 Å². The highest BCUT2D eigenvalue weighted by atomic mass is 35.5. The molecule has 1 N–H and O–H groups in total. The van der Waals surface area contributed by atoms with E-state index in [0.29, 0.717) is 16.5 Å². The van der Waals surface area contributed by atoms with Gasteiger partial charge in [-0.3, -0.25) is 4.79 Å². The zero-order valence-electron chi connectivity index (χ0n) is 13.9. The molecule has 0 aromatic heterocycles. The molecule has 128 valence electrons. The number of allylic oxidation sites excluding steroid dienone is 3. The lowest BCUT2D eigenvalue weighted by Gasteiger charge is -2.05. The van der Waals surface area contributed by atoms with Crippen LogP contribution in [-0.2, 0) is 4.79 Å². The molecule has 0 fully saturated rings. The molecule has 0 aliphatic rings. The van der Waals surface area contributed by atoms with E-state index in [0.717, 1.165) is 5.56 Å². The van der Waals surface area contributed by atoms with Gasteiger partial charge in [0.2, 0.25) is 0 Å². The van der Waals surface area contributed by atoms with Gasteiger partial charge in [-0.15, -0.1) is 0 Å². The number of ether oxygens (including phenoxy) is 1. The molecule has 0 saturated carbocycles. The van der Waals surface area contributed by atoms with Crippen molar-refractivity contribution in [3.8, 4) is 5.75 Å². The van der Waals surface area contributed by atoms with E-state index in [1.54, 1.807) is 37.3 Å². The summed E-state index contributed by atoms with van der Waals surface area (Å²) in [6.45, 7) is 1.68. The Bertz CT molecular complexity index is 766. The third-order valence-corrected chi connectivity index (χ3v) is 3.33. The normalized spacial score (nSPS) is 11.8. The predicted octanol–water partition coefficient (Wildman–Crippen LogP) is 4.48. The molecule has 4 nitrogen and oxygen atoms in total. The lowest BCUT2D eigenvalue weighted by atomic mass is 10.2. The van der Waals surface area contributed by atoms with E-state index in [-0.39, 0.29) is 12.5 Å². The Morgan fingerprint density at radius 1 is 1.12 bits per heavy atom. The van der Waals surface area contributed by atoms with Crippen molar-refractivity contribution in [1.82, 2.24) is 5.43 Å². The van der Waals surface area contributed by atoms with Crippen molar-refractivity contribution in [1.29, 1.82) is 0 Å². The lowest BCUT2D eigenvalue weighted by molar-refractivity contribution is -0.123. The highest BCUT2D eigenvalue weighted by Crippen LogP contribution is 2.15. The number of benzene rings is 2. The fourth-order valence-corrected chi connectivity index (χ4v) is 1.95. The molecular weight excluding hydrogens is 336 g/mol. The minimum atomic E-state index is -0.331. The van der Waals surface area contributed by atoms with Gasteiger partial charge >= 0.3 is 0 Å². The maximum Gasteiger partial charge on any atom is 0.277 e. The minimum absolute atomic E-state index is 0.115. The van der Waals surface area contributed by atoms with Crippen molar-refractivity contribution < 1.29 is 9.53 Å². The largest absolute Gasteiger partial charge is 0.484 e. The van der Waals surface area contributed by atoms with Crippen molar-refractivity contribution in [2.45, 2.75) is 6.92 Å². The zero-order valence-corrected chi connectivity index (χ0v) is 14.6. The molecule has 0 aliphatic heterocycles. The summed E-state index contributed by atoms with van der Waals surface area (Å²) in [6.07, 6.45) is 7.57. The van der Waals surface area contributed by atoms with Crippen LogP contribution in [-0.4, -0.2) is 18.2 Å². The van der Waals surface area contributed by atoms with Gasteiger partial charge < -0.3 is 4.74 Å². The first-order valence-electron chi connectivity index (χ1n) is 7.75. The van der Waals surface area contributed by atoms with E-state index >= 15 is 0 Å². The SMILES string of the molecule is CC(/C=C/C=C/c1ccccc1)=NNC(=O)COc1ccc(Cl)cc1. The molecule has 5 heteroatoms. The monoisotopic (exact) mass is 354 g/mol. The average molecular weight is 355 g/mol. The Kier molecular flexibility index (Phi) is 7.47. The topological polar surface area (TPSA) is 50.7 Å². The number of hydrogen-bond donors (Lipinski definition) is 1. The van der Waals surface area contributed by atoms with Gasteiger partial charge in [-0.2, -0.15) is 5.10 Å². The van der Waals surface area contributed by atoms with Crippen molar-refractivity contribution in [3.63, 3.8) is 0 Å². The summed E-state index contributed by atoms with van der Waals surface area (Å²) in [7, 11) is 0. The second-order valence-electron chi connectivity index (χ2n) is 5.16. The Morgan fingerprint density at radius 2 is 1.84 bits per heavy atom. The molecule has 25 heavy (non-hydrogen) atoms. The fraction of sp³-hybridized carbons (Fsp3) is 0.100. The molecule has 0 saturated heterocycles. The van der Waals surface area contributed by atoms with Crippen molar-refractivity contribution in [2.24, 2.45) is 5.10 Å². The predicted molar refractivity (Wildman–Crippen MR) is 103 cm³/mol. The number of carbonyl (C=O) groups is 1. The van der Waals surface area contributed by atoms with Gasteiger partial charge in [-0.25, -0.2) is 5.43 Å². The lowest BCUT2D eigenvalue weighted by Crippen LogP contribution is -2.25. The summed E-state index contributed by atoms with van der Waals surface area (Å²) in [5, 5.41) is 4.61. The molecule has 0 radical (unpaired) electrons. The number of hydrazone groups is 1. The molecule has 1 amide bonds. The first-order chi connectivity index (χ1) is 12.1. The van der Waals surface area contributed by atoms with Crippen LogP contribution < -0.4 is 10.2 Å². The number of nitrogens with zero attached hydrogens (tertiary/aromatic N) is 1. The number of hydrogen-bond acceptors (Lipinski definition) is 3. The summed E-state index contributed by atoms with van der Waals surface area (Å²) in [4.78, 5) is 11.7. The van der Waals surface area contributed by atoms with Crippen molar-refractivity contribution in [2.75, 3.05) is 6.61 Å². The summed E-state index contributed by atoms with van der Waals surface area (Å²) >= 11 is 5.78. The summed E-state index contributed by atoms with van der Waals surface area (Å²) in [6, 6.07) is 16.8. The minimum Gasteiger partial charge on any atom is -0.484 e. The van der Waals surface area contributed by atoms with E-state index < -0.39 is 0 Å². The van der Waals surface area contributed by atoms with Crippen LogP contribution in [0.3, 0.4) is 0 Å². The quantitative estimate of drug-likeness (QED) is 0.452. The first-order valence-corrected chi connectivity index (χ1v) is 8.12. The number of halogens is 1. The van der Waals surface area contributed by atoms with E-state index in [1.165, 1.54) is 0 Å². The average Bonchev–Trinajstić information content (AvgIpc) is 2.64. The van der Waals surface area contributed by atoms with E-state index in [9.17, 15) is 4.79 Å². The molecule has 0 spiro atoms. The smallest absolute Gasteiger partial charge is 0.277 e. The third kappa shape index (κ3) is 7.50. The van der Waals surface area contributed by atoms with Crippen LogP contribution in [0.2, 0.25) is 5.02 Å². The van der Waals surface area contributed by atoms with E-state index in [2.05, 4.69) is 10.5 Å². The van der Waals surface area contributed by atoms with Crippen LogP contribution in [0.5, 0.6) is 5.75 Å². The highest BCUT2D eigenvalue weighted by molar-refractivity contribution is 6.30. The molecule has 0 bridgehead atoms. The van der Waals surface area contributed by atoms with Gasteiger partial charge in [0.15, 0.2) is 6.61 Å². The molecule has 2 aromatic carbocycles. The van der Waals surface area contributed by atoms with Crippen LogP contribution >= 0.6 is 11.6 Å². The summed E-state index contributed by atoms with van der Waals surface area (Å²) < 4.78 is 5.33. The molecule has 2 aromatic rings. The second kappa shape index (κ2) is 10.1. The molecule has 0 atom stereocenters. The van der Waals surface area contributed by atoms with Crippen molar-refractivity contribution in [3.05, 3.63) is 83.4 Å². The Hall–Kier alpha value is -2.85. The number of rotatable bonds is 7. The fourth-order valence-electron chi connectivity index (χ4n) is 1.83. The summed E-state index contributed by atoms with van der Waals surface area (Å²) in [5.41, 5.74) is 4.24. The van der Waals surface area contributed by atoms with Crippen LogP contribution in [0.15, 0.2) is 77.9 Å². The van der Waals surface area contributed by atoms with Gasteiger partial charge in [0, 0.05) is 5.02 Å². The van der Waals surface area contributed by atoms with Gasteiger partial charge in [0.25, 0.3) is 5.91 Å². The van der Waals surface area contributed by atoms with Gasteiger partial charge in [0.05, 0.1) is 5.71 Å². The Balaban J connectivity index is 1.74. The number of amides is 1. The molecule has 0 unspecified atom stereocenters. The molecule has 0 aliphatic carbocycles. The van der Waals surface area contributed by atoms with Crippen LogP contribution in [0.4, 0.5) is 0 Å². The third-order valence-electron chi connectivity index (χ3n) is 3.08. The van der Waals surface area contributed by atoms with Gasteiger partial charge in [0.1, 0.15) is 5.75 Å². The van der Waals surface area contributed by atoms with Crippen molar-refractivity contribution >= 4 is 29.3 Å². The van der Waals surface area contributed by atoms with Gasteiger partial charge in [-0.05, 0) is 42.8 Å². The first kappa shape index (κ1) is 18.5. The number of nitrogens with one attached hydrogen (secondary N) is 1. The Morgan fingerprint density at radius 3 is 2.56 bits per heavy atom. The van der Waals surface area contributed by atoms with Crippen LogP contribution in [0.1, 0.15) is 12.5 Å². The highest BCUT2D eigenvalue weighted by Gasteiger charge is 2.01. The molecule has 0 heterocycles.